The van der Waals surface area contributed by atoms with E-state index in [0.717, 1.165) is 33.5 Å². The fourth-order valence-electron chi connectivity index (χ4n) is 8.07. The summed E-state index contributed by atoms with van der Waals surface area (Å²) < 4.78 is 4.84. The van der Waals surface area contributed by atoms with E-state index in [0.29, 0.717) is 5.95 Å². The molecule has 0 saturated heterocycles. The highest BCUT2D eigenvalue weighted by Crippen LogP contribution is 2.47. The first-order valence-electron chi connectivity index (χ1n) is 17.6. The lowest BCUT2D eigenvalue weighted by Gasteiger charge is -2.13. The zero-order valence-electron chi connectivity index (χ0n) is 28.0. The van der Waals surface area contributed by atoms with Gasteiger partial charge in [-0.1, -0.05) is 158 Å². The summed E-state index contributed by atoms with van der Waals surface area (Å²) in [5.74, 6) is 0.662. The number of fused-ring (bicyclic) bond motifs is 11. The van der Waals surface area contributed by atoms with Crippen LogP contribution < -0.4 is 0 Å². The lowest BCUT2D eigenvalue weighted by molar-refractivity contribution is 0.998. The molecule has 0 aliphatic carbocycles. The van der Waals surface area contributed by atoms with Crippen molar-refractivity contribution in [2.45, 2.75) is 0 Å². The maximum absolute atomic E-state index is 5.42. The average Bonchev–Trinajstić information content (AvgIpc) is 3.78. The molecule has 0 bridgehead atoms. The molecule has 0 radical (unpaired) electrons. The monoisotopic (exact) mass is 679 g/mol. The number of hydrogen-bond donors (Lipinski definition) is 0. The van der Waals surface area contributed by atoms with E-state index in [1.807, 2.05) is 11.3 Å². The van der Waals surface area contributed by atoms with Crippen molar-refractivity contribution in [3.8, 4) is 39.6 Å². The second kappa shape index (κ2) is 11.5. The van der Waals surface area contributed by atoms with Crippen LogP contribution in [0.15, 0.2) is 176 Å². The van der Waals surface area contributed by atoms with Crippen LogP contribution in [-0.2, 0) is 0 Å². The molecule has 0 saturated carbocycles. The van der Waals surface area contributed by atoms with Crippen LogP contribution in [0.25, 0.3) is 103 Å². The van der Waals surface area contributed by atoms with Crippen molar-refractivity contribution in [1.29, 1.82) is 0 Å². The summed E-state index contributed by atoms with van der Waals surface area (Å²) in [6.45, 7) is 0. The Morgan fingerprint density at radius 2 is 1.00 bits per heavy atom. The van der Waals surface area contributed by atoms with Gasteiger partial charge in [0.1, 0.15) is 0 Å². The quantitative estimate of drug-likeness (QED) is 0.185. The van der Waals surface area contributed by atoms with Crippen molar-refractivity contribution < 1.29 is 0 Å². The van der Waals surface area contributed by atoms with E-state index in [9.17, 15) is 0 Å². The number of rotatable bonds is 4. The standard InChI is InChI=1S/C48H29N3S/c1-2-14-32(15-3-1)40-29-41(33-27-25-31(26-28-33)35-22-12-16-30-13-4-5-17-34(30)35)50-48(49-40)51-42-23-10-8-20-38(42)44-36-18-6-7-19-37(36)45-39-21-9-11-24-43(39)52-47(45)46(44)51/h1-29H. The van der Waals surface area contributed by atoms with Gasteiger partial charge in [-0.3, -0.25) is 4.57 Å². The van der Waals surface area contributed by atoms with Crippen molar-refractivity contribution in [3.63, 3.8) is 0 Å². The van der Waals surface area contributed by atoms with Gasteiger partial charge >= 0.3 is 0 Å². The summed E-state index contributed by atoms with van der Waals surface area (Å²) in [5, 5.41) is 10.0. The van der Waals surface area contributed by atoms with Gasteiger partial charge in [-0.05, 0) is 50.9 Å². The molecule has 52 heavy (non-hydrogen) atoms. The molecule has 8 aromatic carbocycles. The van der Waals surface area contributed by atoms with Crippen LogP contribution in [0.4, 0.5) is 0 Å². The Kier molecular flexibility index (Phi) is 6.42. The van der Waals surface area contributed by atoms with E-state index in [1.54, 1.807) is 0 Å². The van der Waals surface area contributed by atoms with Crippen LogP contribution in [0, 0.1) is 0 Å². The van der Waals surface area contributed by atoms with E-state index in [4.69, 9.17) is 9.97 Å². The van der Waals surface area contributed by atoms with Gasteiger partial charge in [0.25, 0.3) is 0 Å². The van der Waals surface area contributed by atoms with Crippen LogP contribution in [-0.4, -0.2) is 14.5 Å². The first-order valence-corrected chi connectivity index (χ1v) is 18.4. The largest absolute Gasteiger partial charge is 0.276 e. The van der Waals surface area contributed by atoms with Gasteiger partial charge in [0, 0.05) is 37.4 Å². The van der Waals surface area contributed by atoms with Crippen molar-refractivity contribution in [2.24, 2.45) is 0 Å². The van der Waals surface area contributed by atoms with Gasteiger partial charge in [0.15, 0.2) is 0 Å². The molecule has 3 heterocycles. The van der Waals surface area contributed by atoms with Crippen LogP contribution in [0.1, 0.15) is 0 Å². The second-order valence-corrected chi connectivity index (χ2v) is 14.4. The summed E-state index contributed by atoms with van der Waals surface area (Å²) >= 11 is 1.86. The molecule has 0 aliphatic rings. The van der Waals surface area contributed by atoms with Crippen LogP contribution in [0.2, 0.25) is 0 Å². The Balaban J connectivity index is 1.20. The molecular weight excluding hydrogens is 651 g/mol. The number of thiophene rings is 1. The van der Waals surface area contributed by atoms with Gasteiger partial charge < -0.3 is 0 Å². The maximum atomic E-state index is 5.42. The number of benzene rings is 8. The summed E-state index contributed by atoms with van der Waals surface area (Å²) in [6.07, 6.45) is 0. The molecule has 4 heteroatoms. The first kappa shape index (κ1) is 29.1. The Hall–Kier alpha value is -6.62. The summed E-state index contributed by atoms with van der Waals surface area (Å²) in [7, 11) is 0. The molecule has 0 atom stereocenters. The lowest BCUT2D eigenvalue weighted by atomic mass is 9.97. The third-order valence-electron chi connectivity index (χ3n) is 10.4. The predicted octanol–water partition coefficient (Wildman–Crippen LogP) is 13.2. The molecule has 0 N–H and O–H groups in total. The molecule has 0 unspecified atom stereocenters. The van der Waals surface area contributed by atoms with Gasteiger partial charge in [-0.25, -0.2) is 9.97 Å². The smallest absolute Gasteiger partial charge is 0.235 e. The molecule has 11 aromatic rings. The topological polar surface area (TPSA) is 30.7 Å². The summed E-state index contributed by atoms with van der Waals surface area (Å²) in [6, 6.07) is 62.8. The van der Waals surface area contributed by atoms with E-state index in [1.165, 1.54) is 63.6 Å². The Bertz CT molecular complexity index is 3170. The van der Waals surface area contributed by atoms with Gasteiger partial charge in [0.2, 0.25) is 5.95 Å². The van der Waals surface area contributed by atoms with Crippen LogP contribution in [0.3, 0.4) is 0 Å². The molecule has 3 nitrogen and oxygen atoms in total. The molecule has 0 spiro atoms. The fraction of sp³-hybridized carbons (Fsp3) is 0. The molecule has 3 aromatic heterocycles. The van der Waals surface area contributed by atoms with E-state index >= 15 is 0 Å². The fourth-order valence-corrected chi connectivity index (χ4v) is 9.33. The van der Waals surface area contributed by atoms with Gasteiger partial charge in [-0.2, -0.15) is 0 Å². The molecule has 242 valence electrons. The van der Waals surface area contributed by atoms with E-state index < -0.39 is 0 Å². The van der Waals surface area contributed by atoms with E-state index in [-0.39, 0.29) is 0 Å². The zero-order valence-corrected chi connectivity index (χ0v) is 28.8. The first-order chi connectivity index (χ1) is 25.8. The zero-order chi connectivity index (χ0) is 34.2. The predicted molar refractivity (Wildman–Crippen MR) is 221 cm³/mol. The van der Waals surface area contributed by atoms with E-state index in [2.05, 4.69) is 180 Å². The highest BCUT2D eigenvalue weighted by Gasteiger charge is 2.23. The molecular formula is C48H29N3S. The highest BCUT2D eigenvalue weighted by molar-refractivity contribution is 7.27. The average molecular weight is 680 g/mol. The SMILES string of the molecule is c1ccc(-c2cc(-c3ccc(-c4cccc5ccccc45)cc3)nc(-n3c4ccccc4c4c5ccccc5c5c6ccccc6sc5c43)n2)cc1. The van der Waals surface area contributed by atoms with Gasteiger partial charge in [-0.15, -0.1) is 11.3 Å². The third kappa shape index (κ3) is 4.38. The minimum Gasteiger partial charge on any atom is -0.276 e. The van der Waals surface area contributed by atoms with Crippen LogP contribution in [0.5, 0.6) is 0 Å². The number of hydrogen-bond acceptors (Lipinski definition) is 3. The van der Waals surface area contributed by atoms with Crippen molar-refractivity contribution in [3.05, 3.63) is 176 Å². The van der Waals surface area contributed by atoms with Gasteiger partial charge in [0.05, 0.1) is 27.1 Å². The Morgan fingerprint density at radius 1 is 0.423 bits per heavy atom. The Labute approximate surface area is 303 Å². The normalized spacial score (nSPS) is 11.8. The maximum Gasteiger partial charge on any atom is 0.235 e. The van der Waals surface area contributed by atoms with Crippen LogP contribution >= 0.6 is 11.3 Å². The molecule has 0 amide bonds. The molecule has 11 rings (SSSR count). The highest BCUT2D eigenvalue weighted by atomic mass is 32.1. The number of aromatic nitrogens is 3. The number of para-hydroxylation sites is 1. The molecule has 0 aliphatic heterocycles. The minimum atomic E-state index is 0.662. The second-order valence-electron chi connectivity index (χ2n) is 13.3. The minimum absolute atomic E-state index is 0.662. The summed E-state index contributed by atoms with van der Waals surface area (Å²) in [4.78, 5) is 10.8. The summed E-state index contributed by atoms with van der Waals surface area (Å²) in [5.41, 5.74) is 8.52. The van der Waals surface area contributed by atoms with Crippen molar-refractivity contribution >= 4 is 74.9 Å². The van der Waals surface area contributed by atoms with Crippen molar-refractivity contribution in [1.82, 2.24) is 14.5 Å². The molecule has 0 fully saturated rings. The lowest BCUT2D eigenvalue weighted by Crippen LogP contribution is -2.04. The Morgan fingerprint density at radius 3 is 1.79 bits per heavy atom. The third-order valence-corrected chi connectivity index (χ3v) is 11.6. The van der Waals surface area contributed by atoms with Crippen molar-refractivity contribution in [2.75, 3.05) is 0 Å². The number of nitrogens with zero attached hydrogens (tertiary/aromatic N) is 3.